The third-order valence-electron chi connectivity index (χ3n) is 3.60. The number of carbonyl (C=O) groups is 3. The van der Waals surface area contributed by atoms with Crippen LogP contribution >= 0.6 is 0 Å². The Balaban J connectivity index is 2.36. The maximum atomic E-state index is 12.5. The molecule has 5 heteroatoms. The van der Waals surface area contributed by atoms with E-state index in [2.05, 4.69) is 5.10 Å². The molecule has 1 heterocycles. The smallest absolute Gasteiger partial charge is 0.184 e. The monoisotopic (exact) mass is 276 g/mol. The van der Waals surface area contributed by atoms with Crippen LogP contribution in [0.25, 0.3) is 0 Å². The molecule has 0 amide bonds. The zero-order valence-corrected chi connectivity index (χ0v) is 12.4. The molecule has 0 bridgehead atoms. The number of aryl methyl sites for hydroxylation is 1. The predicted octanol–water partition coefficient (Wildman–Crippen LogP) is 2.07. The quantitative estimate of drug-likeness (QED) is 0.612. The summed E-state index contributed by atoms with van der Waals surface area (Å²) in [5.74, 6) is -2.02. The third-order valence-corrected chi connectivity index (χ3v) is 3.60. The standard InChI is InChI=1S/C15H20N2O3/c1-9-10(8-17(16-9)15(2,3)4)14(20)13-11(18)6-5-7-12(13)19/h8,13H,5-7H2,1-4H3. The van der Waals surface area contributed by atoms with Crippen LogP contribution in [0.2, 0.25) is 0 Å². The van der Waals surface area contributed by atoms with Gasteiger partial charge in [-0.2, -0.15) is 5.10 Å². The first kappa shape index (κ1) is 14.6. The molecule has 0 aromatic carbocycles. The third kappa shape index (κ3) is 2.57. The Morgan fingerprint density at radius 2 is 1.80 bits per heavy atom. The second-order valence-corrected chi connectivity index (χ2v) is 6.33. The van der Waals surface area contributed by atoms with Gasteiger partial charge < -0.3 is 0 Å². The SMILES string of the molecule is Cc1nn(C(C)(C)C)cc1C(=O)C1C(=O)CCCC1=O. The van der Waals surface area contributed by atoms with Crippen LogP contribution in [0.5, 0.6) is 0 Å². The number of aromatic nitrogens is 2. The molecular weight excluding hydrogens is 256 g/mol. The highest BCUT2D eigenvalue weighted by Crippen LogP contribution is 2.24. The van der Waals surface area contributed by atoms with Gasteiger partial charge in [0.15, 0.2) is 17.3 Å². The van der Waals surface area contributed by atoms with Gasteiger partial charge in [0.25, 0.3) is 0 Å². The van der Waals surface area contributed by atoms with Crippen molar-refractivity contribution in [2.24, 2.45) is 5.92 Å². The van der Waals surface area contributed by atoms with Crippen molar-refractivity contribution < 1.29 is 14.4 Å². The molecule has 0 atom stereocenters. The lowest BCUT2D eigenvalue weighted by molar-refractivity contribution is -0.133. The number of Topliss-reactive ketones (excluding diaryl/α,β-unsaturated/α-hetero) is 3. The molecule has 5 nitrogen and oxygen atoms in total. The fourth-order valence-corrected chi connectivity index (χ4v) is 2.40. The molecule has 1 saturated carbocycles. The van der Waals surface area contributed by atoms with Crippen LogP contribution in [0, 0.1) is 12.8 Å². The fourth-order valence-electron chi connectivity index (χ4n) is 2.40. The first-order chi connectivity index (χ1) is 9.21. The van der Waals surface area contributed by atoms with Crippen molar-refractivity contribution in [3.05, 3.63) is 17.5 Å². The van der Waals surface area contributed by atoms with Crippen LogP contribution in [-0.4, -0.2) is 27.1 Å². The van der Waals surface area contributed by atoms with Gasteiger partial charge in [0.1, 0.15) is 5.92 Å². The highest BCUT2D eigenvalue weighted by molar-refractivity contribution is 6.25. The number of ketones is 3. The van der Waals surface area contributed by atoms with Crippen LogP contribution in [0.15, 0.2) is 6.20 Å². The van der Waals surface area contributed by atoms with E-state index in [1.807, 2.05) is 20.8 Å². The summed E-state index contributed by atoms with van der Waals surface area (Å²) in [7, 11) is 0. The van der Waals surface area contributed by atoms with E-state index in [0.717, 1.165) is 0 Å². The van der Waals surface area contributed by atoms with Gasteiger partial charge in [-0.25, -0.2) is 0 Å². The number of carbonyl (C=O) groups excluding carboxylic acids is 3. The van der Waals surface area contributed by atoms with Gasteiger partial charge in [0.05, 0.1) is 16.8 Å². The van der Waals surface area contributed by atoms with Gasteiger partial charge in [0, 0.05) is 19.0 Å². The lowest BCUT2D eigenvalue weighted by atomic mass is 9.82. The summed E-state index contributed by atoms with van der Waals surface area (Å²) in [5, 5.41) is 4.32. The van der Waals surface area contributed by atoms with Gasteiger partial charge in [-0.05, 0) is 34.1 Å². The summed E-state index contributed by atoms with van der Waals surface area (Å²) in [6.07, 6.45) is 2.83. The van der Waals surface area contributed by atoms with Crippen molar-refractivity contribution in [1.29, 1.82) is 0 Å². The number of hydrogen-bond acceptors (Lipinski definition) is 4. The second-order valence-electron chi connectivity index (χ2n) is 6.33. The maximum Gasteiger partial charge on any atom is 0.184 e. The van der Waals surface area contributed by atoms with E-state index in [1.165, 1.54) is 0 Å². The second kappa shape index (κ2) is 4.96. The van der Waals surface area contributed by atoms with Gasteiger partial charge in [0.2, 0.25) is 0 Å². The minimum Gasteiger partial charge on any atom is -0.298 e. The van der Waals surface area contributed by atoms with Crippen molar-refractivity contribution >= 4 is 17.3 Å². The summed E-state index contributed by atoms with van der Waals surface area (Å²) in [6, 6.07) is 0. The van der Waals surface area contributed by atoms with Gasteiger partial charge in [-0.15, -0.1) is 0 Å². The zero-order valence-electron chi connectivity index (χ0n) is 12.4. The van der Waals surface area contributed by atoms with Crippen molar-refractivity contribution in [1.82, 2.24) is 9.78 Å². The highest BCUT2D eigenvalue weighted by atomic mass is 16.2. The molecule has 1 fully saturated rings. The summed E-state index contributed by atoms with van der Waals surface area (Å²) in [6.45, 7) is 7.66. The Morgan fingerprint density at radius 1 is 1.25 bits per heavy atom. The largest absolute Gasteiger partial charge is 0.298 e. The topological polar surface area (TPSA) is 69.0 Å². The zero-order chi connectivity index (χ0) is 15.1. The Morgan fingerprint density at radius 3 is 2.25 bits per heavy atom. The van der Waals surface area contributed by atoms with Gasteiger partial charge in [-0.1, -0.05) is 0 Å². The Labute approximate surface area is 118 Å². The average Bonchev–Trinajstić information content (AvgIpc) is 2.70. The number of hydrogen-bond donors (Lipinski definition) is 0. The van der Waals surface area contributed by atoms with Crippen LogP contribution in [0.4, 0.5) is 0 Å². The predicted molar refractivity (Wildman–Crippen MR) is 73.6 cm³/mol. The molecule has 0 unspecified atom stereocenters. The molecule has 1 aliphatic carbocycles. The van der Waals surface area contributed by atoms with Crippen molar-refractivity contribution in [2.75, 3.05) is 0 Å². The molecule has 108 valence electrons. The van der Waals surface area contributed by atoms with E-state index in [-0.39, 0.29) is 17.1 Å². The molecule has 1 aromatic rings. The highest BCUT2D eigenvalue weighted by Gasteiger charge is 2.38. The molecular formula is C15H20N2O3. The van der Waals surface area contributed by atoms with E-state index in [1.54, 1.807) is 17.8 Å². The molecule has 1 aromatic heterocycles. The lowest BCUT2D eigenvalue weighted by Gasteiger charge is -2.19. The van der Waals surface area contributed by atoms with Crippen molar-refractivity contribution in [2.45, 2.75) is 52.5 Å². The number of nitrogens with zero attached hydrogens (tertiary/aromatic N) is 2. The van der Waals surface area contributed by atoms with E-state index >= 15 is 0 Å². The summed E-state index contributed by atoms with van der Waals surface area (Å²) in [5.41, 5.74) is 0.703. The van der Waals surface area contributed by atoms with E-state index in [0.29, 0.717) is 30.5 Å². The molecule has 0 saturated heterocycles. The molecule has 0 spiro atoms. The van der Waals surface area contributed by atoms with Crippen LogP contribution in [0.3, 0.4) is 0 Å². The average molecular weight is 276 g/mol. The van der Waals surface area contributed by atoms with Crippen LogP contribution in [-0.2, 0) is 15.1 Å². The first-order valence-corrected chi connectivity index (χ1v) is 6.88. The Kier molecular flexibility index (Phi) is 3.63. The van der Waals surface area contributed by atoms with Gasteiger partial charge in [-0.3, -0.25) is 19.1 Å². The van der Waals surface area contributed by atoms with E-state index in [4.69, 9.17) is 0 Å². The maximum absolute atomic E-state index is 12.5. The summed E-state index contributed by atoms with van der Waals surface area (Å²) >= 11 is 0. The minimum absolute atomic E-state index is 0.246. The van der Waals surface area contributed by atoms with E-state index < -0.39 is 11.7 Å². The van der Waals surface area contributed by atoms with Crippen LogP contribution in [0.1, 0.15) is 56.1 Å². The molecule has 2 rings (SSSR count). The molecule has 20 heavy (non-hydrogen) atoms. The molecule has 0 radical (unpaired) electrons. The normalized spacial score (nSPS) is 17.6. The fraction of sp³-hybridized carbons (Fsp3) is 0.600. The van der Waals surface area contributed by atoms with Gasteiger partial charge >= 0.3 is 0 Å². The number of rotatable bonds is 2. The lowest BCUT2D eigenvalue weighted by Crippen LogP contribution is -2.35. The summed E-state index contributed by atoms with van der Waals surface area (Å²) in [4.78, 5) is 36.2. The van der Waals surface area contributed by atoms with Crippen molar-refractivity contribution in [3.63, 3.8) is 0 Å². The molecule has 0 N–H and O–H groups in total. The summed E-state index contributed by atoms with van der Waals surface area (Å²) < 4.78 is 1.70. The molecule has 0 aliphatic heterocycles. The minimum atomic E-state index is -1.11. The van der Waals surface area contributed by atoms with Crippen LogP contribution < -0.4 is 0 Å². The molecule has 1 aliphatic rings. The van der Waals surface area contributed by atoms with E-state index in [9.17, 15) is 14.4 Å². The first-order valence-electron chi connectivity index (χ1n) is 6.88. The Hall–Kier alpha value is -1.78. The Bertz CT molecular complexity index is 562. The van der Waals surface area contributed by atoms with Crippen molar-refractivity contribution in [3.8, 4) is 0 Å².